The summed E-state index contributed by atoms with van der Waals surface area (Å²) >= 11 is 0. The zero-order chi connectivity index (χ0) is 19.5. The third-order valence-electron chi connectivity index (χ3n) is 4.59. The van der Waals surface area contributed by atoms with E-state index in [2.05, 4.69) is 17.2 Å². The summed E-state index contributed by atoms with van der Waals surface area (Å²) in [6.07, 6.45) is 1.69. The monoisotopic (exact) mass is 368 g/mol. The SMILES string of the molecule is Cc1cccc(N(C)/N=C2\C=C(c3ccc(-c4ccccc4)cc3)OC2=O)c1. The van der Waals surface area contributed by atoms with E-state index in [0.29, 0.717) is 5.76 Å². The quantitative estimate of drug-likeness (QED) is 0.478. The smallest absolute Gasteiger partial charge is 0.364 e. The van der Waals surface area contributed by atoms with Gasteiger partial charge in [0.15, 0.2) is 5.71 Å². The van der Waals surface area contributed by atoms with E-state index in [1.807, 2.05) is 80.7 Å². The maximum absolute atomic E-state index is 12.2. The molecule has 0 amide bonds. The average molecular weight is 368 g/mol. The van der Waals surface area contributed by atoms with Gasteiger partial charge in [0.05, 0.1) is 5.69 Å². The minimum absolute atomic E-state index is 0.283. The zero-order valence-corrected chi connectivity index (χ0v) is 15.8. The van der Waals surface area contributed by atoms with E-state index in [4.69, 9.17) is 4.74 Å². The Labute approximate surface area is 164 Å². The number of rotatable bonds is 4. The van der Waals surface area contributed by atoms with E-state index in [1.54, 1.807) is 11.1 Å². The van der Waals surface area contributed by atoms with Crippen molar-refractivity contribution in [3.05, 3.63) is 96.1 Å². The van der Waals surface area contributed by atoms with Crippen molar-refractivity contribution in [2.45, 2.75) is 6.92 Å². The molecule has 3 aromatic rings. The molecule has 28 heavy (non-hydrogen) atoms. The van der Waals surface area contributed by atoms with Crippen molar-refractivity contribution in [2.24, 2.45) is 5.10 Å². The standard InChI is InChI=1S/C24H20N2O2/c1-17-7-6-10-21(15-17)26(2)25-22-16-23(28-24(22)27)20-13-11-19(12-14-20)18-8-4-3-5-9-18/h3-16H,1-2H3/b25-22+. The molecular weight excluding hydrogens is 348 g/mol. The van der Waals surface area contributed by atoms with Gasteiger partial charge >= 0.3 is 5.97 Å². The molecule has 0 atom stereocenters. The summed E-state index contributed by atoms with van der Waals surface area (Å²) in [5, 5.41) is 6.09. The van der Waals surface area contributed by atoms with E-state index < -0.39 is 5.97 Å². The van der Waals surface area contributed by atoms with Gasteiger partial charge in [-0.1, -0.05) is 66.7 Å². The van der Waals surface area contributed by atoms with E-state index in [-0.39, 0.29) is 5.71 Å². The number of anilines is 1. The van der Waals surface area contributed by atoms with Crippen molar-refractivity contribution in [3.63, 3.8) is 0 Å². The first-order valence-electron chi connectivity index (χ1n) is 9.09. The van der Waals surface area contributed by atoms with Crippen molar-refractivity contribution >= 4 is 23.1 Å². The van der Waals surface area contributed by atoms with Crippen LogP contribution in [0.15, 0.2) is 90.0 Å². The van der Waals surface area contributed by atoms with Gasteiger partial charge in [0.1, 0.15) is 5.76 Å². The maximum Gasteiger partial charge on any atom is 0.364 e. The molecule has 1 aliphatic heterocycles. The summed E-state index contributed by atoms with van der Waals surface area (Å²) in [7, 11) is 1.82. The summed E-state index contributed by atoms with van der Waals surface area (Å²) in [6, 6.07) is 26.0. The third kappa shape index (κ3) is 3.71. The van der Waals surface area contributed by atoms with E-state index in [9.17, 15) is 4.79 Å². The Morgan fingerprint density at radius 1 is 0.821 bits per heavy atom. The van der Waals surface area contributed by atoms with Crippen molar-refractivity contribution in [1.82, 2.24) is 0 Å². The molecule has 4 nitrogen and oxygen atoms in total. The second kappa shape index (κ2) is 7.53. The zero-order valence-electron chi connectivity index (χ0n) is 15.8. The van der Waals surface area contributed by atoms with E-state index >= 15 is 0 Å². The van der Waals surface area contributed by atoms with Crippen LogP contribution in [0.5, 0.6) is 0 Å². The molecule has 4 heteroatoms. The molecule has 0 radical (unpaired) electrons. The average Bonchev–Trinajstić information content (AvgIpc) is 3.09. The van der Waals surface area contributed by atoms with Gasteiger partial charge in [0.25, 0.3) is 0 Å². The lowest BCUT2D eigenvalue weighted by Crippen LogP contribution is -2.16. The topological polar surface area (TPSA) is 41.9 Å². The largest absolute Gasteiger partial charge is 0.421 e. The molecule has 138 valence electrons. The summed E-state index contributed by atoms with van der Waals surface area (Å²) in [5.74, 6) is 0.0719. The van der Waals surface area contributed by atoms with Gasteiger partial charge in [-0.15, -0.1) is 0 Å². The van der Waals surface area contributed by atoms with E-state index in [1.165, 1.54) is 0 Å². The molecule has 0 spiro atoms. The minimum atomic E-state index is -0.443. The van der Waals surface area contributed by atoms with Gasteiger partial charge in [0, 0.05) is 18.7 Å². The number of benzene rings is 3. The Balaban J connectivity index is 1.57. The fourth-order valence-electron chi connectivity index (χ4n) is 3.08. The van der Waals surface area contributed by atoms with Crippen molar-refractivity contribution < 1.29 is 9.53 Å². The molecule has 0 bridgehead atoms. The summed E-state index contributed by atoms with van der Waals surface area (Å²) < 4.78 is 5.43. The summed E-state index contributed by atoms with van der Waals surface area (Å²) in [5.41, 5.74) is 5.43. The number of ether oxygens (including phenoxy) is 1. The number of esters is 1. The second-order valence-corrected chi connectivity index (χ2v) is 6.69. The molecule has 1 aliphatic rings. The van der Waals surface area contributed by atoms with Gasteiger partial charge in [-0.25, -0.2) is 4.79 Å². The molecule has 0 unspecified atom stereocenters. The van der Waals surface area contributed by atoms with E-state index in [0.717, 1.165) is 27.9 Å². The molecule has 4 rings (SSSR count). The number of aryl methyl sites for hydroxylation is 1. The van der Waals surface area contributed by atoms with Crippen LogP contribution < -0.4 is 5.01 Å². The van der Waals surface area contributed by atoms with Gasteiger partial charge in [-0.3, -0.25) is 5.01 Å². The Kier molecular flexibility index (Phi) is 4.77. The molecule has 1 heterocycles. The van der Waals surface area contributed by atoms with Crippen molar-refractivity contribution in [1.29, 1.82) is 0 Å². The minimum Gasteiger partial charge on any atom is -0.421 e. The maximum atomic E-state index is 12.2. The number of carbonyl (C=O) groups excluding carboxylic acids is 1. The summed E-state index contributed by atoms with van der Waals surface area (Å²) in [4.78, 5) is 12.2. The van der Waals surface area contributed by atoms with Crippen LogP contribution in [0.25, 0.3) is 16.9 Å². The number of hydrazone groups is 1. The Morgan fingerprint density at radius 2 is 1.50 bits per heavy atom. The molecule has 0 fully saturated rings. The van der Waals surface area contributed by atoms with Crippen LogP contribution in [0.1, 0.15) is 11.1 Å². The molecule has 0 saturated heterocycles. The Bertz CT molecular complexity index is 1070. The van der Waals surface area contributed by atoms with Crippen LogP contribution in [0, 0.1) is 6.92 Å². The first kappa shape index (κ1) is 17.7. The van der Waals surface area contributed by atoms with Crippen LogP contribution in [0.4, 0.5) is 5.69 Å². The van der Waals surface area contributed by atoms with Crippen molar-refractivity contribution in [3.8, 4) is 11.1 Å². The lowest BCUT2D eigenvalue weighted by molar-refractivity contribution is -0.128. The second-order valence-electron chi connectivity index (χ2n) is 6.69. The van der Waals surface area contributed by atoms with Crippen molar-refractivity contribution in [2.75, 3.05) is 12.1 Å². The fourth-order valence-corrected chi connectivity index (χ4v) is 3.08. The Morgan fingerprint density at radius 3 is 2.21 bits per heavy atom. The van der Waals surface area contributed by atoms with Gasteiger partial charge < -0.3 is 4.74 Å². The van der Waals surface area contributed by atoms with Gasteiger partial charge in [0.2, 0.25) is 0 Å². The van der Waals surface area contributed by atoms with Gasteiger partial charge in [-0.05, 0) is 35.7 Å². The predicted molar refractivity (Wildman–Crippen MR) is 113 cm³/mol. The highest BCUT2D eigenvalue weighted by Gasteiger charge is 2.24. The first-order valence-corrected chi connectivity index (χ1v) is 9.09. The third-order valence-corrected chi connectivity index (χ3v) is 4.59. The first-order chi connectivity index (χ1) is 13.6. The number of hydrogen-bond donors (Lipinski definition) is 0. The Hall–Kier alpha value is -3.66. The molecule has 3 aromatic carbocycles. The summed E-state index contributed by atoms with van der Waals surface area (Å²) in [6.45, 7) is 2.02. The van der Waals surface area contributed by atoms with Crippen LogP contribution in [0.3, 0.4) is 0 Å². The van der Waals surface area contributed by atoms with Gasteiger partial charge in [-0.2, -0.15) is 5.10 Å². The van der Waals surface area contributed by atoms with Crippen LogP contribution in [-0.4, -0.2) is 18.7 Å². The molecule has 0 saturated carbocycles. The number of nitrogens with zero attached hydrogens (tertiary/aromatic N) is 2. The number of hydrogen-bond acceptors (Lipinski definition) is 4. The van der Waals surface area contributed by atoms with Crippen LogP contribution in [0.2, 0.25) is 0 Å². The van der Waals surface area contributed by atoms with Crippen LogP contribution >= 0.6 is 0 Å². The molecule has 0 N–H and O–H groups in total. The molecule has 0 aliphatic carbocycles. The highest BCUT2D eigenvalue weighted by atomic mass is 16.5. The number of cyclic esters (lactones) is 1. The highest BCUT2D eigenvalue weighted by Crippen LogP contribution is 2.26. The molecular formula is C24H20N2O2. The van der Waals surface area contributed by atoms with Crippen LogP contribution in [-0.2, 0) is 9.53 Å². The molecule has 0 aromatic heterocycles. The fraction of sp³-hybridized carbons (Fsp3) is 0.0833. The lowest BCUT2D eigenvalue weighted by Gasteiger charge is -2.13. The lowest BCUT2D eigenvalue weighted by atomic mass is 10.0. The predicted octanol–water partition coefficient (Wildman–Crippen LogP) is 5.05. The number of carbonyl (C=O) groups is 1. The normalized spacial score (nSPS) is 14.7. The highest BCUT2D eigenvalue weighted by molar-refractivity contribution is 6.45.